The Hall–Kier alpha value is -7.57. The van der Waals surface area contributed by atoms with E-state index in [1.807, 2.05) is 0 Å². The van der Waals surface area contributed by atoms with Gasteiger partial charge in [-0.25, -0.2) is 18.4 Å². The second-order valence-corrected chi connectivity index (χ2v) is 17.8. The first-order chi connectivity index (χ1) is 35.1. The number of carboxylic acid groups (broad SMARTS) is 2. The van der Waals surface area contributed by atoms with Gasteiger partial charge in [0.15, 0.2) is 0 Å². The lowest BCUT2D eigenvalue weighted by Crippen LogP contribution is -2.56. The molecule has 0 aliphatic rings. The second-order valence-electron chi connectivity index (χ2n) is 17.5. The van der Waals surface area contributed by atoms with Crippen LogP contribution in [0.1, 0.15) is 73.9 Å². The topological polar surface area (TPSA) is 330 Å². The van der Waals surface area contributed by atoms with Gasteiger partial charge in [-0.2, -0.15) is 12.6 Å². The predicted octanol–water partition coefficient (Wildman–Crippen LogP) is 1.27. The zero-order valence-electron chi connectivity index (χ0n) is 40.6. The lowest BCUT2D eigenvalue weighted by atomic mass is 9.93. The van der Waals surface area contributed by atoms with Crippen LogP contribution in [-0.2, 0) is 62.6 Å². The van der Waals surface area contributed by atoms with Crippen LogP contribution in [0.4, 0.5) is 8.78 Å². The maximum absolute atomic E-state index is 14.9. The molecule has 4 rings (SSSR count). The van der Waals surface area contributed by atoms with Crippen LogP contribution in [0, 0.1) is 24.5 Å². The minimum atomic E-state index is -1.58. The first-order valence-electron chi connectivity index (χ1n) is 23.4. The van der Waals surface area contributed by atoms with E-state index in [0.717, 1.165) is 21.3 Å². The van der Waals surface area contributed by atoms with Crippen molar-refractivity contribution in [1.29, 1.82) is 0 Å². The number of ketones is 1. The smallest absolute Gasteiger partial charge is 0.331 e. The van der Waals surface area contributed by atoms with Gasteiger partial charge in [0.1, 0.15) is 42.2 Å². The molecule has 74 heavy (non-hydrogen) atoms. The molecule has 21 nitrogen and oxygen atoms in total. The third-order valence-corrected chi connectivity index (χ3v) is 12.4. The molecule has 0 saturated carbocycles. The fraction of sp³-hybridized carbons (Fsp3) is 0.400. The van der Waals surface area contributed by atoms with Gasteiger partial charge in [-0.3, -0.25) is 47.5 Å². The molecule has 0 radical (unpaired) electrons. The molecular formula is C50H60F2N8O13S. The van der Waals surface area contributed by atoms with E-state index in [9.17, 15) is 66.9 Å². The average Bonchev–Trinajstić information content (AvgIpc) is 3.37. The van der Waals surface area contributed by atoms with Gasteiger partial charge in [-0.15, -0.1) is 0 Å². The molecule has 4 aromatic rings. The summed E-state index contributed by atoms with van der Waals surface area (Å²) in [4.78, 5) is 127. The minimum absolute atomic E-state index is 0.0348. The van der Waals surface area contributed by atoms with Gasteiger partial charge in [0, 0.05) is 61.3 Å². The minimum Gasteiger partial charge on any atom is -0.481 e. The first kappa shape index (κ1) is 59.0. The summed E-state index contributed by atoms with van der Waals surface area (Å²) in [5, 5.41) is 29.1. The van der Waals surface area contributed by atoms with Gasteiger partial charge >= 0.3 is 17.6 Å². The molecule has 0 aliphatic carbocycles. The van der Waals surface area contributed by atoms with E-state index in [1.54, 1.807) is 61.5 Å². The molecule has 0 bridgehead atoms. The van der Waals surface area contributed by atoms with Crippen molar-refractivity contribution >= 4 is 60.5 Å². The number of nitrogens with two attached hydrogens (primary N) is 2. The number of carbonyl (C=O) groups excluding carboxylic acids is 6. The van der Waals surface area contributed by atoms with Crippen molar-refractivity contribution < 1.29 is 62.1 Å². The number of hydrogen-bond donors (Lipinski definition) is 9. The summed E-state index contributed by atoms with van der Waals surface area (Å²) in [6.07, 6.45) is -2.28. The Morgan fingerprint density at radius 3 is 2.09 bits per heavy atom. The highest BCUT2D eigenvalue weighted by atomic mass is 32.1. The molecule has 1 heterocycles. The first-order valence-corrected chi connectivity index (χ1v) is 24.0. The number of Topliss-reactive ketones (excluding diaryl/α,β-unsaturated/α-hetero) is 1. The third-order valence-electron chi connectivity index (χ3n) is 11.9. The van der Waals surface area contributed by atoms with Crippen LogP contribution < -0.4 is 44.0 Å². The van der Waals surface area contributed by atoms with Gasteiger partial charge in [0.05, 0.1) is 24.6 Å². The molecule has 3 aromatic carbocycles. The summed E-state index contributed by atoms with van der Waals surface area (Å²) in [6.45, 7) is 1.42. The Kier molecular flexibility index (Phi) is 22.8. The molecule has 4 amide bonds. The Morgan fingerprint density at radius 2 is 1.46 bits per heavy atom. The van der Waals surface area contributed by atoms with Crippen LogP contribution in [0.2, 0.25) is 0 Å². The quantitative estimate of drug-likeness (QED) is 0.0262. The van der Waals surface area contributed by atoms with Crippen LogP contribution in [0.15, 0.2) is 82.4 Å². The molecule has 0 spiro atoms. The Bertz CT molecular complexity index is 2770. The van der Waals surface area contributed by atoms with Crippen molar-refractivity contribution in [3.8, 4) is 11.1 Å². The van der Waals surface area contributed by atoms with E-state index in [4.69, 9.17) is 11.5 Å². The number of carbonyl (C=O) groups is 8. The number of aliphatic carboxylic acids is 2. The monoisotopic (exact) mass is 1050 g/mol. The largest absolute Gasteiger partial charge is 0.481 e. The predicted molar refractivity (Wildman–Crippen MR) is 267 cm³/mol. The molecule has 0 saturated heterocycles. The molecule has 0 unspecified atom stereocenters. The van der Waals surface area contributed by atoms with Crippen molar-refractivity contribution in [1.82, 2.24) is 30.4 Å². The molecule has 6 atom stereocenters. The van der Waals surface area contributed by atoms with Crippen LogP contribution >= 0.6 is 12.6 Å². The summed E-state index contributed by atoms with van der Waals surface area (Å²) in [6, 6.07) is 13.0. The fourth-order valence-corrected chi connectivity index (χ4v) is 7.77. The number of thiol groups is 1. The molecule has 24 heteroatoms. The number of benzene rings is 3. The van der Waals surface area contributed by atoms with Gasteiger partial charge in [-0.05, 0) is 61.9 Å². The van der Waals surface area contributed by atoms with Gasteiger partial charge in [0.25, 0.3) is 12.0 Å². The van der Waals surface area contributed by atoms with Crippen molar-refractivity contribution in [3.63, 3.8) is 0 Å². The maximum atomic E-state index is 14.9. The van der Waals surface area contributed by atoms with Crippen molar-refractivity contribution in [2.24, 2.45) is 17.4 Å². The van der Waals surface area contributed by atoms with E-state index < -0.39 is 145 Å². The van der Waals surface area contributed by atoms with E-state index in [1.165, 1.54) is 13.0 Å². The number of carboxylic acids is 2. The average molecular weight is 1050 g/mol. The summed E-state index contributed by atoms with van der Waals surface area (Å²) in [7, 11) is 0. The van der Waals surface area contributed by atoms with E-state index in [-0.39, 0.29) is 55.3 Å². The van der Waals surface area contributed by atoms with E-state index in [0.29, 0.717) is 16.7 Å². The summed E-state index contributed by atoms with van der Waals surface area (Å²) in [5.74, 6) is -9.40. The molecule has 1 aromatic heterocycles. The molecule has 10 N–H and O–H groups in total. The summed E-state index contributed by atoms with van der Waals surface area (Å²) in [5.41, 5.74) is 12.0. The molecule has 0 aliphatic heterocycles. The number of nitrogens with zero attached hydrogens (tertiary/aromatic N) is 2. The highest BCUT2D eigenvalue weighted by molar-refractivity contribution is 7.80. The van der Waals surface area contributed by atoms with Crippen LogP contribution in [0.3, 0.4) is 0 Å². The third kappa shape index (κ3) is 17.3. The zero-order valence-corrected chi connectivity index (χ0v) is 41.5. The highest BCUT2D eigenvalue weighted by Gasteiger charge is 2.28. The van der Waals surface area contributed by atoms with Crippen molar-refractivity contribution in [2.45, 2.75) is 102 Å². The number of nitrogens with one attached hydrogen (secondary N) is 4. The number of ether oxygens (including phenoxy) is 1. The number of aromatic nitrogens is 2. The lowest BCUT2D eigenvalue weighted by Gasteiger charge is -2.21. The van der Waals surface area contributed by atoms with Crippen LogP contribution in [0.5, 0.6) is 0 Å². The maximum Gasteiger partial charge on any atom is 0.331 e. The lowest BCUT2D eigenvalue weighted by molar-refractivity contribution is -0.145. The van der Waals surface area contributed by atoms with E-state index >= 15 is 0 Å². The Labute approximate surface area is 428 Å². The van der Waals surface area contributed by atoms with Crippen LogP contribution in [-0.4, -0.2) is 110 Å². The standard InChI is InChI=1S/C50H60F2N8O13S/c1-28(26-74)56-46(66)41(25-73-27-61)58-45(65)38(53)22-55-42(63)19-17-40(49(70)71)57-43(64)18-15-33(48(68)69)21-34(62)16-14-30-8-6-11-32(20-30)44-29(2)59(23-35-36(51)12-7-13-37(35)52)50(72)60(47(44)67)24-39(54)31-9-4-3-5-10-31/h3-13,20,27-28,33,38-41,74H,14-19,21-26,53-54H2,1-2H3,(H,55,63)(H,56,66)(H,57,64)(H,58,65)(H,68,69)(H,70,71)/t28-,33-,38+,39+,40-,41+/m1/s1. The summed E-state index contributed by atoms with van der Waals surface area (Å²) < 4.78 is 36.4. The second kappa shape index (κ2) is 28.6. The van der Waals surface area contributed by atoms with Gasteiger partial charge < -0.3 is 47.7 Å². The number of aryl methyl sites for hydroxylation is 1. The molecule has 398 valence electrons. The molecule has 0 fully saturated rings. The number of amides is 4. The SMILES string of the molecule is Cc1c(-c2cccc(CCC(=O)C[C@@H](CCC(=O)N[C@H](CCC(=O)NC[C@H](N)C(=O)N[C@@H](COC=O)C(=O)N[C@H](C)CS)C(=O)O)C(=O)O)c2)c(=O)n(C[C@H](N)c2ccccc2)c(=O)n1Cc1c(F)cccc1F. The number of hydrogen-bond acceptors (Lipinski definition) is 14. The Morgan fingerprint density at radius 1 is 0.797 bits per heavy atom. The van der Waals surface area contributed by atoms with Crippen molar-refractivity contribution in [3.05, 3.63) is 128 Å². The Balaban J connectivity index is 1.36. The van der Waals surface area contributed by atoms with Crippen molar-refractivity contribution in [2.75, 3.05) is 18.9 Å². The summed E-state index contributed by atoms with van der Waals surface area (Å²) >= 11 is 4.07. The van der Waals surface area contributed by atoms with Gasteiger partial charge in [0.2, 0.25) is 23.6 Å². The van der Waals surface area contributed by atoms with E-state index in [2.05, 4.69) is 38.6 Å². The zero-order chi connectivity index (χ0) is 54.6. The normalized spacial score (nSPS) is 13.5. The fourth-order valence-electron chi connectivity index (χ4n) is 7.68. The molecular weight excluding hydrogens is 991 g/mol. The van der Waals surface area contributed by atoms with Gasteiger partial charge in [-0.1, -0.05) is 60.7 Å². The number of halogens is 2. The highest BCUT2D eigenvalue weighted by Crippen LogP contribution is 2.24. The van der Waals surface area contributed by atoms with Crippen LogP contribution in [0.25, 0.3) is 11.1 Å². The number of rotatable bonds is 30.